The van der Waals surface area contributed by atoms with Gasteiger partial charge in [0.15, 0.2) is 21.4 Å². The number of nitrogens with zero attached hydrogens (tertiary/aromatic N) is 3. The molecule has 1 amide bonds. The van der Waals surface area contributed by atoms with E-state index in [4.69, 9.17) is 11.6 Å². The molecule has 112 valence electrons. The normalized spacial score (nSPS) is 11.4. The Kier molecular flexibility index (Phi) is 4.24. The quantitative estimate of drug-likeness (QED) is 0.911. The van der Waals surface area contributed by atoms with Gasteiger partial charge in [-0.25, -0.2) is 12.8 Å². The number of benzene rings is 1. The summed E-state index contributed by atoms with van der Waals surface area (Å²) in [7, 11) is -3.32. The highest BCUT2D eigenvalue weighted by Crippen LogP contribution is 2.22. The van der Waals surface area contributed by atoms with Gasteiger partial charge in [0.2, 0.25) is 0 Å². The summed E-state index contributed by atoms with van der Waals surface area (Å²) in [5.41, 5.74) is 0.125. The summed E-state index contributed by atoms with van der Waals surface area (Å²) in [6.07, 6.45) is 2.15. The molecular weight excluding hydrogens is 323 g/mol. The standard InChI is InChI=1S/C11H10ClFN4O3S/c1-21(19,20)6-17-14-5-10(16-17)11(18)15-9-3-2-7(13)4-8(9)12/h2-5H,6H2,1H3,(H,15,18). The van der Waals surface area contributed by atoms with E-state index in [0.29, 0.717) is 0 Å². The number of sulfone groups is 1. The minimum Gasteiger partial charge on any atom is -0.319 e. The van der Waals surface area contributed by atoms with Crippen LogP contribution < -0.4 is 5.32 Å². The van der Waals surface area contributed by atoms with E-state index >= 15 is 0 Å². The highest BCUT2D eigenvalue weighted by molar-refractivity contribution is 7.89. The van der Waals surface area contributed by atoms with Crippen molar-refractivity contribution in [1.82, 2.24) is 15.0 Å². The first-order chi connectivity index (χ1) is 9.74. The molecule has 0 saturated carbocycles. The summed E-state index contributed by atoms with van der Waals surface area (Å²) >= 11 is 5.78. The van der Waals surface area contributed by atoms with Gasteiger partial charge in [-0.2, -0.15) is 9.90 Å². The Morgan fingerprint density at radius 1 is 1.48 bits per heavy atom. The average Bonchev–Trinajstić information content (AvgIpc) is 2.78. The summed E-state index contributed by atoms with van der Waals surface area (Å²) in [4.78, 5) is 12.8. The molecule has 2 rings (SSSR count). The highest BCUT2D eigenvalue weighted by atomic mass is 35.5. The van der Waals surface area contributed by atoms with Gasteiger partial charge in [-0.1, -0.05) is 11.6 Å². The van der Waals surface area contributed by atoms with Gasteiger partial charge >= 0.3 is 0 Å². The third-order valence-corrected chi connectivity index (χ3v) is 3.31. The monoisotopic (exact) mass is 332 g/mol. The van der Waals surface area contributed by atoms with Crippen LogP contribution in [0.2, 0.25) is 5.02 Å². The van der Waals surface area contributed by atoms with Crippen molar-refractivity contribution >= 4 is 33.0 Å². The number of anilines is 1. The van der Waals surface area contributed by atoms with Gasteiger partial charge in [0, 0.05) is 6.26 Å². The van der Waals surface area contributed by atoms with Crippen LogP contribution in [0.25, 0.3) is 0 Å². The SMILES string of the molecule is CS(=O)(=O)Cn1ncc(C(=O)Nc2ccc(F)cc2Cl)n1. The second kappa shape index (κ2) is 5.78. The van der Waals surface area contributed by atoms with E-state index in [1.165, 1.54) is 6.07 Å². The lowest BCUT2D eigenvalue weighted by Gasteiger charge is -2.05. The number of hydrogen-bond acceptors (Lipinski definition) is 5. The summed E-state index contributed by atoms with van der Waals surface area (Å²) in [6, 6.07) is 3.50. The first-order valence-electron chi connectivity index (χ1n) is 5.59. The summed E-state index contributed by atoms with van der Waals surface area (Å²) in [5.74, 6) is -1.60. The second-order valence-electron chi connectivity index (χ2n) is 4.24. The molecule has 0 aliphatic heterocycles. The lowest BCUT2D eigenvalue weighted by Crippen LogP contribution is -2.15. The summed E-state index contributed by atoms with van der Waals surface area (Å²) < 4.78 is 35.1. The zero-order chi connectivity index (χ0) is 15.6. The molecule has 1 aromatic heterocycles. The molecule has 0 saturated heterocycles. The van der Waals surface area contributed by atoms with Crippen molar-refractivity contribution in [2.24, 2.45) is 0 Å². The molecule has 2 aromatic rings. The Morgan fingerprint density at radius 3 is 2.81 bits per heavy atom. The van der Waals surface area contributed by atoms with E-state index in [1.54, 1.807) is 0 Å². The minimum atomic E-state index is -3.32. The zero-order valence-corrected chi connectivity index (χ0v) is 12.3. The minimum absolute atomic E-state index is 0.0341. The lowest BCUT2D eigenvalue weighted by atomic mass is 10.3. The molecule has 0 radical (unpaired) electrons. The number of nitrogens with one attached hydrogen (secondary N) is 1. The first kappa shape index (κ1) is 15.4. The van der Waals surface area contributed by atoms with Crippen molar-refractivity contribution in [3.8, 4) is 0 Å². The van der Waals surface area contributed by atoms with E-state index in [2.05, 4.69) is 15.5 Å². The van der Waals surface area contributed by atoms with E-state index in [9.17, 15) is 17.6 Å². The molecule has 1 heterocycles. The topological polar surface area (TPSA) is 94.0 Å². The van der Waals surface area contributed by atoms with Crippen LogP contribution in [0.3, 0.4) is 0 Å². The van der Waals surface area contributed by atoms with Gasteiger partial charge < -0.3 is 5.32 Å². The maximum absolute atomic E-state index is 12.9. The Hall–Kier alpha value is -2.00. The predicted molar refractivity (Wildman–Crippen MR) is 74.2 cm³/mol. The number of aromatic nitrogens is 3. The van der Waals surface area contributed by atoms with Gasteiger partial charge in [-0.05, 0) is 18.2 Å². The fourth-order valence-corrected chi connectivity index (χ4v) is 2.21. The Bertz CT molecular complexity index is 791. The van der Waals surface area contributed by atoms with Crippen LogP contribution in [-0.4, -0.2) is 35.6 Å². The molecular formula is C11H10ClFN4O3S. The second-order valence-corrected chi connectivity index (χ2v) is 6.75. The molecule has 0 bridgehead atoms. The molecule has 1 aromatic carbocycles. The molecule has 0 unspecified atom stereocenters. The van der Waals surface area contributed by atoms with Crippen LogP contribution in [0.4, 0.5) is 10.1 Å². The largest absolute Gasteiger partial charge is 0.319 e. The van der Waals surface area contributed by atoms with E-state index in [1.807, 2.05) is 0 Å². The van der Waals surface area contributed by atoms with Crippen molar-refractivity contribution < 1.29 is 17.6 Å². The highest BCUT2D eigenvalue weighted by Gasteiger charge is 2.14. The predicted octanol–water partition coefficient (Wildman–Crippen LogP) is 1.32. The van der Waals surface area contributed by atoms with Crippen LogP contribution >= 0.6 is 11.6 Å². The van der Waals surface area contributed by atoms with E-state index < -0.39 is 27.4 Å². The maximum Gasteiger partial charge on any atom is 0.277 e. The van der Waals surface area contributed by atoms with Crippen molar-refractivity contribution in [2.75, 3.05) is 11.6 Å². The Balaban J connectivity index is 2.14. The maximum atomic E-state index is 12.9. The first-order valence-corrected chi connectivity index (χ1v) is 8.03. The number of carbonyl (C=O) groups is 1. The fraction of sp³-hybridized carbons (Fsp3) is 0.182. The van der Waals surface area contributed by atoms with Crippen LogP contribution in [0.1, 0.15) is 10.5 Å². The summed E-state index contributed by atoms with van der Waals surface area (Å²) in [6.45, 7) is 0. The Labute approximate surface area is 124 Å². The molecule has 0 fully saturated rings. The van der Waals surface area contributed by atoms with Crippen molar-refractivity contribution in [1.29, 1.82) is 0 Å². The number of carbonyl (C=O) groups excluding carboxylic acids is 1. The molecule has 21 heavy (non-hydrogen) atoms. The molecule has 0 atom stereocenters. The lowest BCUT2D eigenvalue weighted by molar-refractivity contribution is 0.102. The van der Waals surface area contributed by atoms with Crippen LogP contribution in [-0.2, 0) is 15.7 Å². The fourth-order valence-electron chi connectivity index (χ4n) is 1.45. The zero-order valence-electron chi connectivity index (χ0n) is 10.7. The van der Waals surface area contributed by atoms with Gasteiger partial charge in [0.25, 0.3) is 5.91 Å². The third-order valence-electron chi connectivity index (χ3n) is 2.30. The molecule has 0 aliphatic rings. The average molecular weight is 333 g/mol. The van der Waals surface area contributed by atoms with Gasteiger partial charge in [0.1, 0.15) is 5.82 Å². The number of rotatable bonds is 4. The number of halogens is 2. The van der Waals surface area contributed by atoms with Crippen LogP contribution in [0.15, 0.2) is 24.4 Å². The number of amides is 1. The van der Waals surface area contributed by atoms with Gasteiger partial charge in [-0.15, -0.1) is 5.10 Å². The van der Waals surface area contributed by atoms with Crippen LogP contribution in [0.5, 0.6) is 0 Å². The Morgan fingerprint density at radius 2 is 2.19 bits per heavy atom. The van der Waals surface area contributed by atoms with Crippen molar-refractivity contribution in [3.05, 3.63) is 40.9 Å². The number of hydrogen-bond donors (Lipinski definition) is 1. The summed E-state index contributed by atoms with van der Waals surface area (Å²) in [5, 5.41) is 9.87. The van der Waals surface area contributed by atoms with E-state index in [0.717, 1.165) is 29.4 Å². The molecule has 0 spiro atoms. The molecule has 0 aliphatic carbocycles. The molecule has 7 nitrogen and oxygen atoms in total. The van der Waals surface area contributed by atoms with Crippen molar-refractivity contribution in [2.45, 2.75) is 5.88 Å². The van der Waals surface area contributed by atoms with Gasteiger partial charge in [0.05, 0.1) is 16.9 Å². The van der Waals surface area contributed by atoms with Crippen LogP contribution in [0, 0.1) is 5.82 Å². The molecule has 10 heteroatoms. The van der Waals surface area contributed by atoms with E-state index in [-0.39, 0.29) is 16.4 Å². The molecule has 1 N–H and O–H groups in total. The van der Waals surface area contributed by atoms with Crippen molar-refractivity contribution in [3.63, 3.8) is 0 Å². The van der Waals surface area contributed by atoms with Gasteiger partial charge in [-0.3, -0.25) is 4.79 Å². The third kappa shape index (κ3) is 4.23. The smallest absolute Gasteiger partial charge is 0.277 e.